The van der Waals surface area contributed by atoms with Crippen LogP contribution in [0.2, 0.25) is 0 Å². The summed E-state index contributed by atoms with van der Waals surface area (Å²) in [6.07, 6.45) is 1.58. The molecule has 0 saturated carbocycles. The minimum absolute atomic E-state index is 0.0554. The zero-order chi connectivity index (χ0) is 25.1. The number of fused-ring (bicyclic) bond motifs is 1. The van der Waals surface area contributed by atoms with Gasteiger partial charge in [-0.05, 0) is 42.5 Å². The Morgan fingerprint density at radius 2 is 1.53 bits per heavy atom. The van der Waals surface area contributed by atoms with E-state index in [1.807, 2.05) is 29.2 Å². The zero-order valence-corrected chi connectivity index (χ0v) is 20.2. The molecular weight excluding hydrogens is 456 g/mol. The number of carbonyl (C=O) groups is 2. The van der Waals surface area contributed by atoms with Gasteiger partial charge in [-0.1, -0.05) is 24.3 Å². The predicted octanol–water partition coefficient (Wildman–Crippen LogP) is 3.84. The number of methoxy groups -OCH3 is 2. The highest BCUT2D eigenvalue weighted by molar-refractivity contribution is 6.11. The van der Waals surface area contributed by atoms with E-state index in [0.29, 0.717) is 54.4 Å². The van der Waals surface area contributed by atoms with E-state index in [0.717, 1.165) is 16.7 Å². The normalized spacial score (nSPS) is 13.5. The third-order valence-corrected chi connectivity index (χ3v) is 6.43. The summed E-state index contributed by atoms with van der Waals surface area (Å²) >= 11 is 0. The van der Waals surface area contributed by atoms with Crippen LogP contribution in [0, 0.1) is 0 Å². The maximum absolute atomic E-state index is 13.2. The highest BCUT2D eigenvalue weighted by Crippen LogP contribution is 2.27. The Hall–Kier alpha value is -4.46. The lowest BCUT2D eigenvalue weighted by Crippen LogP contribution is -2.49. The smallest absolute Gasteiger partial charge is 0.253 e. The molecule has 4 aromatic rings. The van der Waals surface area contributed by atoms with E-state index in [-0.39, 0.29) is 11.7 Å². The zero-order valence-electron chi connectivity index (χ0n) is 20.2. The molecule has 36 heavy (non-hydrogen) atoms. The number of carbonyl (C=O) groups excluding carboxylic acids is 2. The SMILES string of the molecule is COc1ccc(OC)c(C(=O)c2ccc(C(=O)N3CCN(c4ncnc5ccccc45)CC3)cc2)c1. The fourth-order valence-corrected chi connectivity index (χ4v) is 4.46. The first-order chi connectivity index (χ1) is 17.6. The van der Waals surface area contributed by atoms with E-state index >= 15 is 0 Å². The number of anilines is 1. The summed E-state index contributed by atoms with van der Waals surface area (Å²) in [5.74, 6) is 1.68. The van der Waals surface area contributed by atoms with E-state index in [1.54, 1.807) is 55.9 Å². The minimum Gasteiger partial charge on any atom is -0.497 e. The Morgan fingerprint density at radius 1 is 0.806 bits per heavy atom. The summed E-state index contributed by atoms with van der Waals surface area (Å²) in [6.45, 7) is 2.52. The number of piperazine rings is 1. The van der Waals surface area contributed by atoms with Crippen LogP contribution in [-0.2, 0) is 0 Å². The van der Waals surface area contributed by atoms with Crippen molar-refractivity contribution in [2.24, 2.45) is 0 Å². The number of amides is 1. The molecule has 3 aromatic carbocycles. The molecule has 0 atom stereocenters. The molecule has 1 aliphatic rings. The summed E-state index contributed by atoms with van der Waals surface area (Å²) in [5.41, 5.74) is 2.33. The highest BCUT2D eigenvalue weighted by Gasteiger charge is 2.24. The molecule has 1 amide bonds. The van der Waals surface area contributed by atoms with Gasteiger partial charge in [-0.25, -0.2) is 9.97 Å². The number of ether oxygens (including phenoxy) is 2. The molecule has 8 heteroatoms. The first-order valence-electron chi connectivity index (χ1n) is 11.7. The maximum Gasteiger partial charge on any atom is 0.253 e. The molecule has 0 N–H and O–H groups in total. The Morgan fingerprint density at radius 3 is 2.25 bits per heavy atom. The van der Waals surface area contributed by atoms with Crippen LogP contribution >= 0.6 is 0 Å². The van der Waals surface area contributed by atoms with Crippen molar-refractivity contribution in [3.63, 3.8) is 0 Å². The van der Waals surface area contributed by atoms with E-state index in [2.05, 4.69) is 14.9 Å². The van der Waals surface area contributed by atoms with E-state index in [4.69, 9.17) is 9.47 Å². The average Bonchev–Trinajstić information content (AvgIpc) is 2.96. The van der Waals surface area contributed by atoms with Gasteiger partial charge in [0, 0.05) is 42.7 Å². The average molecular weight is 483 g/mol. The van der Waals surface area contributed by atoms with Crippen molar-refractivity contribution in [1.82, 2.24) is 14.9 Å². The number of hydrogen-bond acceptors (Lipinski definition) is 7. The quantitative estimate of drug-likeness (QED) is 0.386. The first-order valence-corrected chi connectivity index (χ1v) is 11.7. The fraction of sp³-hybridized carbons (Fsp3) is 0.214. The fourth-order valence-electron chi connectivity index (χ4n) is 4.46. The van der Waals surface area contributed by atoms with E-state index < -0.39 is 0 Å². The topological polar surface area (TPSA) is 84.9 Å². The van der Waals surface area contributed by atoms with E-state index in [1.165, 1.54) is 7.11 Å². The van der Waals surface area contributed by atoms with Gasteiger partial charge in [0.05, 0.1) is 25.3 Å². The molecule has 1 aromatic heterocycles. The molecule has 1 saturated heterocycles. The van der Waals surface area contributed by atoms with Crippen LogP contribution in [0.25, 0.3) is 10.9 Å². The highest BCUT2D eigenvalue weighted by atomic mass is 16.5. The van der Waals surface area contributed by atoms with Crippen molar-refractivity contribution < 1.29 is 19.1 Å². The molecule has 1 aliphatic heterocycles. The number of para-hydroxylation sites is 1. The first kappa shape index (κ1) is 23.3. The molecule has 182 valence electrons. The van der Waals surface area contributed by atoms with Gasteiger partial charge in [-0.15, -0.1) is 0 Å². The Labute approximate surface area is 209 Å². The molecule has 0 aliphatic carbocycles. The van der Waals surface area contributed by atoms with Gasteiger partial charge in [-0.2, -0.15) is 0 Å². The Balaban J connectivity index is 1.27. The molecule has 0 spiro atoms. The van der Waals surface area contributed by atoms with Crippen molar-refractivity contribution in [2.75, 3.05) is 45.3 Å². The van der Waals surface area contributed by atoms with Crippen LogP contribution in [0.5, 0.6) is 11.5 Å². The monoisotopic (exact) mass is 482 g/mol. The van der Waals surface area contributed by atoms with Crippen LogP contribution in [0.1, 0.15) is 26.3 Å². The summed E-state index contributed by atoms with van der Waals surface area (Å²) in [6, 6.07) is 19.8. The lowest BCUT2D eigenvalue weighted by molar-refractivity contribution is 0.0746. The lowest BCUT2D eigenvalue weighted by atomic mass is 10.0. The lowest BCUT2D eigenvalue weighted by Gasteiger charge is -2.35. The van der Waals surface area contributed by atoms with Crippen molar-refractivity contribution in [2.45, 2.75) is 0 Å². The second-order valence-electron chi connectivity index (χ2n) is 8.47. The molecule has 8 nitrogen and oxygen atoms in total. The molecule has 5 rings (SSSR count). The maximum atomic E-state index is 13.2. The van der Waals surface area contributed by atoms with Gasteiger partial charge in [-0.3, -0.25) is 9.59 Å². The standard InChI is InChI=1S/C28H26N4O4/c1-35-21-11-12-25(36-2)23(17-21)26(33)19-7-9-20(10-8-19)28(34)32-15-13-31(14-16-32)27-22-5-3-4-6-24(22)29-18-30-27/h3-12,17-18H,13-16H2,1-2H3. The number of hydrogen-bond donors (Lipinski definition) is 0. The molecule has 0 bridgehead atoms. The van der Waals surface area contributed by atoms with Crippen LogP contribution in [-0.4, -0.2) is 67.0 Å². The Bertz CT molecular complexity index is 1410. The van der Waals surface area contributed by atoms with Gasteiger partial charge >= 0.3 is 0 Å². The van der Waals surface area contributed by atoms with Crippen LogP contribution in [0.3, 0.4) is 0 Å². The number of benzene rings is 3. The van der Waals surface area contributed by atoms with Gasteiger partial charge < -0.3 is 19.3 Å². The van der Waals surface area contributed by atoms with Crippen molar-refractivity contribution in [3.05, 3.63) is 89.7 Å². The third-order valence-electron chi connectivity index (χ3n) is 6.43. The molecule has 1 fully saturated rings. The molecule has 0 unspecified atom stereocenters. The van der Waals surface area contributed by atoms with E-state index in [9.17, 15) is 9.59 Å². The summed E-state index contributed by atoms with van der Waals surface area (Å²) in [4.78, 5) is 39.1. The molecular formula is C28H26N4O4. The van der Waals surface area contributed by atoms with Crippen LogP contribution < -0.4 is 14.4 Å². The number of nitrogens with zero attached hydrogens (tertiary/aromatic N) is 4. The Kier molecular flexibility index (Phi) is 6.49. The summed E-state index contributed by atoms with van der Waals surface area (Å²) in [5, 5.41) is 1.01. The van der Waals surface area contributed by atoms with Crippen molar-refractivity contribution in [3.8, 4) is 11.5 Å². The van der Waals surface area contributed by atoms with Gasteiger partial charge in [0.2, 0.25) is 0 Å². The van der Waals surface area contributed by atoms with Crippen LogP contribution in [0.4, 0.5) is 5.82 Å². The molecule has 2 heterocycles. The van der Waals surface area contributed by atoms with Gasteiger partial charge in [0.1, 0.15) is 23.6 Å². The number of rotatable bonds is 6. The van der Waals surface area contributed by atoms with Crippen LogP contribution in [0.15, 0.2) is 73.1 Å². The largest absolute Gasteiger partial charge is 0.497 e. The summed E-state index contributed by atoms with van der Waals surface area (Å²) < 4.78 is 10.6. The van der Waals surface area contributed by atoms with Gasteiger partial charge in [0.25, 0.3) is 5.91 Å². The second kappa shape index (κ2) is 10.0. The number of aromatic nitrogens is 2. The third kappa shape index (κ3) is 4.45. The summed E-state index contributed by atoms with van der Waals surface area (Å²) in [7, 11) is 3.07. The van der Waals surface area contributed by atoms with Gasteiger partial charge in [0.15, 0.2) is 5.78 Å². The second-order valence-corrected chi connectivity index (χ2v) is 8.47. The predicted molar refractivity (Wildman–Crippen MR) is 137 cm³/mol. The van der Waals surface area contributed by atoms with Crippen molar-refractivity contribution in [1.29, 1.82) is 0 Å². The van der Waals surface area contributed by atoms with Crippen molar-refractivity contribution >= 4 is 28.4 Å². The minimum atomic E-state index is -0.199. The molecule has 0 radical (unpaired) electrons. The number of ketones is 1.